The van der Waals surface area contributed by atoms with Gasteiger partial charge in [0.15, 0.2) is 23.2 Å². The lowest BCUT2D eigenvalue weighted by Gasteiger charge is -2.27. The van der Waals surface area contributed by atoms with Crippen LogP contribution in [0.2, 0.25) is 0 Å². The number of fused-ring (bicyclic) bond motifs is 1. The van der Waals surface area contributed by atoms with Gasteiger partial charge in [-0.2, -0.15) is 15.1 Å². The van der Waals surface area contributed by atoms with Crippen LogP contribution in [-0.2, 0) is 18.6 Å². The third kappa shape index (κ3) is 5.64. The molecule has 5 rings (SSSR count). The van der Waals surface area contributed by atoms with Crippen LogP contribution in [0.1, 0.15) is 26.0 Å². The number of rotatable bonds is 12. The molecule has 3 heterocycles. The standard InChI is InChI=1S/C24H29ClN7O7P/c1-3-24(25)18(33)16(11-37-40(36,31-13(2)21(34)35)39-15-7-5-4-6-8-15)38-22(24)32-12-27-17-19(28-14-9-10-14)29-23(26)30-20(17)32/h3-8,12-14,16,18,22,33H,1,9-11H2,2H3,(H,31,36)(H,34,35)(H3,26,28,29,30)/t13-,16+,18+,22+,24+,40?/m0/s1. The van der Waals surface area contributed by atoms with Gasteiger partial charge in [0.2, 0.25) is 5.95 Å². The Morgan fingerprint density at radius 2 is 2.12 bits per heavy atom. The molecule has 2 aliphatic rings. The first kappa shape index (κ1) is 28.3. The molecule has 2 aromatic heterocycles. The molecule has 40 heavy (non-hydrogen) atoms. The first-order valence-electron chi connectivity index (χ1n) is 12.5. The molecule has 1 saturated heterocycles. The van der Waals surface area contributed by atoms with Crippen molar-refractivity contribution >= 4 is 48.2 Å². The number of para-hydroxylation sites is 1. The minimum atomic E-state index is -4.28. The summed E-state index contributed by atoms with van der Waals surface area (Å²) in [7, 11) is -4.28. The Bertz CT molecular complexity index is 1460. The molecule has 0 bridgehead atoms. The van der Waals surface area contributed by atoms with Gasteiger partial charge < -0.3 is 30.5 Å². The molecule has 1 aliphatic heterocycles. The lowest BCUT2D eigenvalue weighted by molar-refractivity contribution is -0.138. The smallest absolute Gasteiger partial charge is 0.459 e. The van der Waals surface area contributed by atoms with Crippen molar-refractivity contribution in [2.45, 2.75) is 55.2 Å². The quantitative estimate of drug-likeness (QED) is 0.117. The summed E-state index contributed by atoms with van der Waals surface area (Å²) in [5, 5.41) is 26.2. The SMILES string of the molecule is C=C[C@@]1(Cl)[C@H](O)[C@@H](COP(=O)(N[C@@H](C)C(=O)O)Oc2ccccc2)O[C@H]1n1cnc2c(NC3CC3)nc(N)nc21. The number of carbonyl (C=O) groups is 1. The highest BCUT2D eigenvalue weighted by Crippen LogP contribution is 2.49. The number of alkyl halides is 1. The van der Waals surface area contributed by atoms with Gasteiger partial charge in [-0.1, -0.05) is 24.3 Å². The van der Waals surface area contributed by atoms with E-state index in [0.717, 1.165) is 12.8 Å². The van der Waals surface area contributed by atoms with Gasteiger partial charge in [0.05, 0.1) is 12.9 Å². The topological polar surface area (TPSA) is 196 Å². The maximum absolute atomic E-state index is 13.6. The largest absolute Gasteiger partial charge is 0.480 e. The van der Waals surface area contributed by atoms with Crippen molar-refractivity contribution in [1.29, 1.82) is 0 Å². The normalized spacial score (nSPS) is 26.7. The molecule has 14 nitrogen and oxygen atoms in total. The predicted molar refractivity (Wildman–Crippen MR) is 146 cm³/mol. The Balaban J connectivity index is 1.40. The number of aromatic nitrogens is 4. The number of nitrogens with two attached hydrogens (primary N) is 1. The third-order valence-electron chi connectivity index (χ3n) is 6.51. The second-order valence-electron chi connectivity index (χ2n) is 9.56. The summed E-state index contributed by atoms with van der Waals surface area (Å²) in [4.78, 5) is 22.8. The number of aliphatic carboxylic acids is 1. The van der Waals surface area contributed by atoms with E-state index in [1.54, 1.807) is 18.2 Å². The number of benzene rings is 1. The summed E-state index contributed by atoms with van der Waals surface area (Å²) in [6.07, 6.45) is 1.15. The van der Waals surface area contributed by atoms with Crippen LogP contribution in [0.5, 0.6) is 5.75 Å². The van der Waals surface area contributed by atoms with Gasteiger partial charge in [0, 0.05) is 6.04 Å². The molecular weight excluding hydrogens is 565 g/mol. The van der Waals surface area contributed by atoms with Crippen LogP contribution in [0.15, 0.2) is 49.3 Å². The van der Waals surface area contributed by atoms with Gasteiger partial charge in [-0.15, -0.1) is 18.2 Å². The molecule has 0 amide bonds. The van der Waals surface area contributed by atoms with E-state index >= 15 is 0 Å². The van der Waals surface area contributed by atoms with E-state index in [0.29, 0.717) is 17.0 Å². The Morgan fingerprint density at radius 1 is 1.40 bits per heavy atom. The molecule has 1 saturated carbocycles. The van der Waals surface area contributed by atoms with E-state index < -0.39 is 49.7 Å². The summed E-state index contributed by atoms with van der Waals surface area (Å²) in [6.45, 7) is 4.57. The van der Waals surface area contributed by atoms with Crippen LogP contribution in [0.3, 0.4) is 0 Å². The fraction of sp³-hybridized carbons (Fsp3) is 0.417. The Kier molecular flexibility index (Phi) is 7.75. The monoisotopic (exact) mass is 593 g/mol. The van der Waals surface area contributed by atoms with E-state index in [2.05, 4.69) is 31.9 Å². The molecule has 1 aliphatic carbocycles. The maximum atomic E-state index is 13.6. The fourth-order valence-corrected chi connectivity index (χ4v) is 6.01. The number of imidazole rings is 1. The van der Waals surface area contributed by atoms with E-state index in [-0.39, 0.29) is 17.7 Å². The average Bonchev–Trinajstić information content (AvgIpc) is 3.58. The minimum absolute atomic E-state index is 0.00669. The number of hydrogen-bond donors (Lipinski definition) is 5. The van der Waals surface area contributed by atoms with Crippen molar-refractivity contribution in [3.05, 3.63) is 49.3 Å². The number of nitrogens with zero attached hydrogens (tertiary/aromatic N) is 4. The molecule has 0 spiro atoms. The first-order valence-corrected chi connectivity index (χ1v) is 14.4. The third-order valence-corrected chi connectivity index (χ3v) is 8.72. The van der Waals surface area contributed by atoms with Crippen molar-refractivity contribution in [2.75, 3.05) is 17.7 Å². The van der Waals surface area contributed by atoms with Crippen LogP contribution in [-0.4, -0.2) is 71.5 Å². The van der Waals surface area contributed by atoms with E-state index in [9.17, 15) is 19.6 Å². The predicted octanol–water partition coefficient (Wildman–Crippen LogP) is 2.67. The van der Waals surface area contributed by atoms with Gasteiger partial charge in [-0.3, -0.25) is 13.9 Å². The van der Waals surface area contributed by atoms with Crippen molar-refractivity contribution < 1.29 is 33.4 Å². The number of carboxylic acids is 1. The summed E-state index contributed by atoms with van der Waals surface area (Å²) in [6, 6.07) is 7.10. The molecule has 214 valence electrons. The van der Waals surface area contributed by atoms with Crippen molar-refractivity contribution in [3.63, 3.8) is 0 Å². The zero-order valence-corrected chi connectivity index (χ0v) is 23.0. The second kappa shape index (κ2) is 11.0. The number of halogens is 1. The maximum Gasteiger partial charge on any atom is 0.459 e. The van der Waals surface area contributed by atoms with Gasteiger partial charge >= 0.3 is 13.7 Å². The van der Waals surface area contributed by atoms with Crippen molar-refractivity contribution in [3.8, 4) is 5.75 Å². The number of carboxylic acid groups (broad SMARTS) is 1. The first-order chi connectivity index (χ1) is 19.0. The van der Waals surface area contributed by atoms with Gasteiger partial charge in [-0.05, 0) is 31.9 Å². The van der Waals surface area contributed by atoms with E-state index in [4.69, 9.17) is 31.1 Å². The lowest BCUT2D eigenvalue weighted by atomic mass is 9.99. The number of aliphatic hydroxyl groups is 1. The lowest BCUT2D eigenvalue weighted by Crippen LogP contribution is -2.41. The number of hydrogen-bond acceptors (Lipinski definition) is 11. The zero-order chi connectivity index (χ0) is 28.7. The van der Waals surface area contributed by atoms with Crippen molar-refractivity contribution in [1.82, 2.24) is 24.6 Å². The van der Waals surface area contributed by atoms with Crippen LogP contribution in [0.4, 0.5) is 11.8 Å². The summed E-state index contributed by atoms with van der Waals surface area (Å²) in [5.74, 6) is -0.615. The molecule has 1 aromatic carbocycles. The molecule has 2 fully saturated rings. The highest BCUT2D eigenvalue weighted by atomic mass is 35.5. The number of nitrogen functional groups attached to an aromatic ring is 1. The van der Waals surface area contributed by atoms with Crippen molar-refractivity contribution in [2.24, 2.45) is 0 Å². The highest BCUT2D eigenvalue weighted by molar-refractivity contribution is 7.52. The molecule has 16 heteroatoms. The second-order valence-corrected chi connectivity index (χ2v) is 11.9. The summed E-state index contributed by atoms with van der Waals surface area (Å²) in [5.41, 5.74) is 6.72. The average molecular weight is 594 g/mol. The van der Waals surface area contributed by atoms with E-state index in [1.807, 2.05) is 0 Å². The molecule has 6 N–H and O–H groups in total. The Hall–Kier alpha value is -3.26. The van der Waals surface area contributed by atoms with Crippen LogP contribution in [0, 0.1) is 0 Å². The van der Waals surface area contributed by atoms with Gasteiger partial charge in [0.1, 0.15) is 28.9 Å². The Morgan fingerprint density at radius 3 is 2.77 bits per heavy atom. The van der Waals surface area contributed by atoms with Gasteiger partial charge in [0.25, 0.3) is 0 Å². The Labute approximate surface area is 234 Å². The molecule has 3 aromatic rings. The molecular formula is C24H29ClN7O7P. The number of ether oxygens (including phenoxy) is 1. The number of anilines is 2. The van der Waals surface area contributed by atoms with Crippen LogP contribution < -0.4 is 20.7 Å². The molecule has 1 unspecified atom stereocenters. The highest BCUT2D eigenvalue weighted by Gasteiger charge is 2.55. The summed E-state index contributed by atoms with van der Waals surface area (Å²) >= 11 is 6.86. The molecule has 0 radical (unpaired) electrons. The van der Waals surface area contributed by atoms with Crippen LogP contribution in [0.25, 0.3) is 11.2 Å². The number of nitrogens with one attached hydrogen (secondary N) is 2. The summed E-state index contributed by atoms with van der Waals surface area (Å²) < 4.78 is 32.3. The molecule has 6 atom stereocenters. The number of aliphatic hydroxyl groups excluding tert-OH is 1. The van der Waals surface area contributed by atoms with Gasteiger partial charge in [-0.25, -0.2) is 9.55 Å². The zero-order valence-electron chi connectivity index (χ0n) is 21.4. The van der Waals surface area contributed by atoms with E-state index in [1.165, 1.54) is 36.0 Å². The minimum Gasteiger partial charge on any atom is -0.480 e. The fourth-order valence-electron chi connectivity index (χ4n) is 4.21. The van der Waals surface area contributed by atoms with Crippen LogP contribution >= 0.6 is 19.3 Å².